The standard InChI is InChI=1S/C27H24O9/c28-19(16-10-4-1-5-11-16)24-27(22(30)17-12-6-2-7-13-17,23(31)20(29)21(35-24)25(32)33)36-26(34)18-14-8-3-9-15-18/h1-15,20-21,23-25,29,31-33H/t20-,21+,23+,24?,27-/m1/s1. The van der Waals surface area contributed by atoms with Crippen LogP contribution in [0.25, 0.3) is 0 Å². The van der Waals surface area contributed by atoms with Gasteiger partial charge in [-0.1, -0.05) is 78.9 Å². The first-order chi connectivity index (χ1) is 17.3. The minimum Gasteiger partial charge on any atom is -0.441 e. The lowest BCUT2D eigenvalue weighted by molar-refractivity contribution is -0.278. The summed E-state index contributed by atoms with van der Waals surface area (Å²) in [5.41, 5.74) is -2.76. The molecule has 4 rings (SSSR count). The molecule has 0 amide bonds. The Morgan fingerprint density at radius 1 is 0.750 bits per heavy atom. The zero-order valence-corrected chi connectivity index (χ0v) is 18.9. The molecule has 0 aromatic heterocycles. The molecule has 1 heterocycles. The molecule has 9 nitrogen and oxygen atoms in total. The molecule has 1 aliphatic heterocycles. The third-order valence-electron chi connectivity index (χ3n) is 6.03. The van der Waals surface area contributed by atoms with Crippen LogP contribution in [0.2, 0.25) is 0 Å². The van der Waals surface area contributed by atoms with Gasteiger partial charge < -0.3 is 29.9 Å². The topological polar surface area (TPSA) is 151 Å². The molecule has 1 aliphatic rings. The smallest absolute Gasteiger partial charge is 0.339 e. The largest absolute Gasteiger partial charge is 0.441 e. The fourth-order valence-electron chi connectivity index (χ4n) is 4.20. The third kappa shape index (κ3) is 4.58. The molecule has 0 radical (unpaired) electrons. The normalized spacial score (nSPS) is 25.8. The average molecular weight is 492 g/mol. The van der Waals surface area contributed by atoms with E-state index in [9.17, 15) is 34.8 Å². The summed E-state index contributed by atoms with van der Waals surface area (Å²) in [5, 5.41) is 41.6. The molecular formula is C27H24O9. The van der Waals surface area contributed by atoms with Crippen molar-refractivity contribution in [1.29, 1.82) is 0 Å². The Bertz CT molecular complexity index is 1210. The van der Waals surface area contributed by atoms with Gasteiger partial charge in [0.15, 0.2) is 18.2 Å². The van der Waals surface area contributed by atoms with Gasteiger partial charge in [0.2, 0.25) is 11.4 Å². The summed E-state index contributed by atoms with van der Waals surface area (Å²) >= 11 is 0. The molecule has 5 atom stereocenters. The number of aliphatic hydroxyl groups is 4. The second-order valence-corrected chi connectivity index (χ2v) is 8.30. The Balaban J connectivity index is 1.92. The molecule has 1 fully saturated rings. The minimum absolute atomic E-state index is 0.00894. The van der Waals surface area contributed by atoms with Gasteiger partial charge >= 0.3 is 5.97 Å². The van der Waals surface area contributed by atoms with E-state index >= 15 is 0 Å². The Kier molecular flexibility index (Phi) is 7.39. The first-order valence-electron chi connectivity index (χ1n) is 11.1. The molecule has 4 N–H and O–H groups in total. The van der Waals surface area contributed by atoms with Crippen LogP contribution in [0.15, 0.2) is 91.0 Å². The van der Waals surface area contributed by atoms with Crippen molar-refractivity contribution >= 4 is 17.5 Å². The Labute approximate surface area is 206 Å². The summed E-state index contributed by atoms with van der Waals surface area (Å²) in [4.78, 5) is 40.8. The summed E-state index contributed by atoms with van der Waals surface area (Å²) < 4.78 is 11.2. The van der Waals surface area contributed by atoms with Crippen molar-refractivity contribution in [3.05, 3.63) is 108 Å². The van der Waals surface area contributed by atoms with Gasteiger partial charge in [0.1, 0.15) is 18.3 Å². The van der Waals surface area contributed by atoms with E-state index in [-0.39, 0.29) is 16.7 Å². The van der Waals surface area contributed by atoms with Crippen LogP contribution in [-0.2, 0) is 9.47 Å². The van der Waals surface area contributed by atoms with Gasteiger partial charge in [0.25, 0.3) is 0 Å². The number of hydrogen-bond acceptors (Lipinski definition) is 9. The fraction of sp³-hybridized carbons (Fsp3) is 0.222. The van der Waals surface area contributed by atoms with Crippen LogP contribution in [0, 0.1) is 0 Å². The highest BCUT2D eigenvalue weighted by atomic mass is 16.6. The number of hydrogen-bond donors (Lipinski definition) is 4. The fourth-order valence-corrected chi connectivity index (χ4v) is 4.20. The van der Waals surface area contributed by atoms with Gasteiger partial charge in [-0.2, -0.15) is 0 Å². The van der Waals surface area contributed by atoms with Crippen LogP contribution < -0.4 is 0 Å². The lowest BCUT2D eigenvalue weighted by Crippen LogP contribution is -2.74. The minimum atomic E-state index is -2.77. The highest BCUT2D eigenvalue weighted by Gasteiger charge is 2.66. The first-order valence-corrected chi connectivity index (χ1v) is 11.1. The highest BCUT2D eigenvalue weighted by Crippen LogP contribution is 2.39. The number of benzene rings is 3. The molecule has 0 aliphatic carbocycles. The zero-order chi connectivity index (χ0) is 25.9. The van der Waals surface area contributed by atoms with Gasteiger partial charge in [0, 0.05) is 11.1 Å². The zero-order valence-electron chi connectivity index (χ0n) is 18.9. The predicted octanol–water partition coefficient (Wildman–Crippen LogP) is 1.15. The number of ether oxygens (including phenoxy) is 2. The van der Waals surface area contributed by atoms with Crippen LogP contribution in [-0.4, -0.2) is 74.3 Å². The molecule has 0 bridgehead atoms. The van der Waals surface area contributed by atoms with Crippen molar-refractivity contribution in [2.45, 2.75) is 36.3 Å². The number of aliphatic hydroxyl groups excluding tert-OH is 3. The van der Waals surface area contributed by atoms with Gasteiger partial charge in [0.05, 0.1) is 5.56 Å². The van der Waals surface area contributed by atoms with Crippen molar-refractivity contribution in [3.63, 3.8) is 0 Å². The average Bonchev–Trinajstić information content (AvgIpc) is 2.91. The molecule has 36 heavy (non-hydrogen) atoms. The van der Waals surface area contributed by atoms with Crippen LogP contribution >= 0.6 is 0 Å². The van der Waals surface area contributed by atoms with Crippen molar-refractivity contribution in [2.75, 3.05) is 0 Å². The van der Waals surface area contributed by atoms with E-state index in [0.29, 0.717) is 0 Å². The Morgan fingerprint density at radius 2 is 1.22 bits per heavy atom. The summed E-state index contributed by atoms with van der Waals surface area (Å²) in [5.74, 6) is -2.96. The van der Waals surface area contributed by atoms with Gasteiger partial charge in [-0.15, -0.1) is 0 Å². The van der Waals surface area contributed by atoms with E-state index in [4.69, 9.17) is 9.47 Å². The van der Waals surface area contributed by atoms with E-state index in [1.807, 2.05) is 0 Å². The van der Waals surface area contributed by atoms with E-state index in [0.717, 1.165) is 0 Å². The SMILES string of the molecule is O=C(O[C@@]1(C(=O)c2ccccc2)C(C(=O)c2ccccc2)O[C@H](C(O)O)[C@@H](O)[C@@H]1O)c1ccccc1. The number of carbonyl (C=O) groups excluding carboxylic acids is 3. The quantitative estimate of drug-likeness (QED) is 0.216. The summed E-state index contributed by atoms with van der Waals surface area (Å²) in [6, 6.07) is 22.6. The van der Waals surface area contributed by atoms with Crippen molar-refractivity contribution in [2.24, 2.45) is 0 Å². The van der Waals surface area contributed by atoms with Crippen LogP contribution in [0.3, 0.4) is 0 Å². The summed E-state index contributed by atoms with van der Waals surface area (Å²) in [6.07, 6.45) is -10.6. The van der Waals surface area contributed by atoms with Crippen molar-refractivity contribution in [1.82, 2.24) is 0 Å². The molecule has 3 aromatic carbocycles. The lowest BCUT2D eigenvalue weighted by atomic mass is 9.74. The van der Waals surface area contributed by atoms with E-state index in [1.54, 1.807) is 42.5 Å². The van der Waals surface area contributed by atoms with Crippen molar-refractivity contribution in [3.8, 4) is 0 Å². The summed E-state index contributed by atoms with van der Waals surface area (Å²) in [6.45, 7) is 0. The second kappa shape index (κ2) is 10.5. The number of carbonyl (C=O) groups is 3. The third-order valence-corrected chi connectivity index (χ3v) is 6.03. The molecular weight excluding hydrogens is 468 g/mol. The van der Waals surface area contributed by atoms with E-state index in [2.05, 4.69) is 0 Å². The second-order valence-electron chi connectivity index (χ2n) is 8.30. The predicted molar refractivity (Wildman–Crippen MR) is 125 cm³/mol. The number of Topliss-reactive ketones (excluding diaryl/α,β-unsaturated/α-hetero) is 2. The maximum atomic E-state index is 14.0. The van der Waals surface area contributed by atoms with Crippen LogP contribution in [0.5, 0.6) is 0 Å². The van der Waals surface area contributed by atoms with E-state index < -0.39 is 53.8 Å². The van der Waals surface area contributed by atoms with E-state index in [1.165, 1.54) is 48.5 Å². The van der Waals surface area contributed by atoms with Gasteiger partial charge in [-0.05, 0) is 12.1 Å². The Hall–Kier alpha value is -3.73. The van der Waals surface area contributed by atoms with Crippen LogP contribution in [0.1, 0.15) is 31.1 Å². The molecule has 1 unspecified atom stereocenters. The maximum Gasteiger partial charge on any atom is 0.339 e. The van der Waals surface area contributed by atoms with Gasteiger partial charge in [-0.25, -0.2) is 4.79 Å². The lowest BCUT2D eigenvalue weighted by Gasteiger charge is -2.49. The molecule has 1 saturated heterocycles. The maximum absolute atomic E-state index is 14.0. The molecule has 0 saturated carbocycles. The monoisotopic (exact) mass is 492 g/mol. The number of rotatable bonds is 7. The molecule has 9 heteroatoms. The number of ketones is 2. The number of esters is 1. The van der Waals surface area contributed by atoms with Gasteiger partial charge in [-0.3, -0.25) is 9.59 Å². The Morgan fingerprint density at radius 3 is 1.72 bits per heavy atom. The molecule has 3 aromatic rings. The molecule has 186 valence electrons. The van der Waals surface area contributed by atoms with Crippen LogP contribution in [0.4, 0.5) is 0 Å². The highest BCUT2D eigenvalue weighted by molar-refractivity contribution is 6.12. The van der Waals surface area contributed by atoms with Crippen molar-refractivity contribution < 1.29 is 44.3 Å². The molecule has 0 spiro atoms. The summed E-state index contributed by atoms with van der Waals surface area (Å²) in [7, 11) is 0. The first kappa shape index (κ1) is 25.4.